The van der Waals surface area contributed by atoms with Crippen molar-refractivity contribution in [1.29, 1.82) is 0 Å². The van der Waals surface area contributed by atoms with Gasteiger partial charge in [-0.1, -0.05) is 26.0 Å². The van der Waals surface area contributed by atoms with Crippen LogP contribution in [0.15, 0.2) is 45.3 Å². The van der Waals surface area contributed by atoms with Crippen molar-refractivity contribution in [1.82, 2.24) is 15.0 Å². The van der Waals surface area contributed by atoms with E-state index in [0.717, 1.165) is 21.7 Å². The van der Waals surface area contributed by atoms with Gasteiger partial charge in [0.15, 0.2) is 5.58 Å². The van der Waals surface area contributed by atoms with Gasteiger partial charge in [0.05, 0.1) is 0 Å². The molecule has 21 heavy (non-hydrogen) atoms. The number of nitrogen functional groups attached to an aromatic ring is 1. The number of aromatic nitrogens is 3. The quantitative estimate of drug-likeness (QED) is 0.434. The Bertz CT molecular complexity index is 738. The second-order valence-corrected chi connectivity index (χ2v) is 5.73. The first-order valence-electron chi connectivity index (χ1n) is 6.54. The highest BCUT2D eigenvalue weighted by molar-refractivity contribution is 7.99. The Morgan fingerprint density at radius 3 is 2.76 bits per heavy atom. The lowest BCUT2D eigenvalue weighted by molar-refractivity contribution is 0.489. The summed E-state index contributed by atoms with van der Waals surface area (Å²) in [6.07, 6.45) is 1.48. The lowest BCUT2D eigenvalue weighted by Crippen LogP contribution is -2.13. The van der Waals surface area contributed by atoms with Gasteiger partial charge in [-0.05, 0) is 29.8 Å². The average molecular weight is 301 g/mol. The van der Waals surface area contributed by atoms with Gasteiger partial charge in [0.1, 0.15) is 22.7 Å². The third kappa shape index (κ3) is 2.70. The van der Waals surface area contributed by atoms with Crippen molar-refractivity contribution in [3.63, 3.8) is 0 Å². The maximum atomic E-state index is 5.72. The maximum absolute atomic E-state index is 5.72. The maximum Gasteiger partial charge on any atom is 0.263 e. The zero-order chi connectivity index (χ0) is 14.8. The van der Waals surface area contributed by atoms with Crippen LogP contribution in [0.4, 0.5) is 5.82 Å². The first kappa shape index (κ1) is 13.8. The first-order valence-corrected chi connectivity index (χ1v) is 7.35. The van der Waals surface area contributed by atoms with Gasteiger partial charge in [-0.3, -0.25) is 0 Å². The zero-order valence-electron chi connectivity index (χ0n) is 11.7. The molecule has 0 fully saturated rings. The van der Waals surface area contributed by atoms with Crippen molar-refractivity contribution in [3.05, 3.63) is 36.2 Å². The van der Waals surface area contributed by atoms with Crippen molar-refractivity contribution in [2.24, 2.45) is 5.84 Å². The van der Waals surface area contributed by atoms with Crippen LogP contribution in [-0.4, -0.2) is 15.0 Å². The number of anilines is 1. The minimum atomic E-state index is 0.226. The zero-order valence-corrected chi connectivity index (χ0v) is 12.5. The molecule has 0 spiro atoms. The van der Waals surface area contributed by atoms with Gasteiger partial charge in [-0.25, -0.2) is 20.8 Å². The monoisotopic (exact) mass is 301 g/mol. The molecule has 108 valence electrons. The summed E-state index contributed by atoms with van der Waals surface area (Å²) in [6, 6.07) is 7.66. The van der Waals surface area contributed by atoms with Crippen LogP contribution in [0.2, 0.25) is 0 Å². The molecule has 0 aliphatic heterocycles. The fraction of sp³-hybridized carbons (Fsp3) is 0.214. The van der Waals surface area contributed by atoms with Gasteiger partial charge in [0.2, 0.25) is 0 Å². The van der Waals surface area contributed by atoms with Crippen molar-refractivity contribution < 1.29 is 4.42 Å². The molecule has 0 bridgehead atoms. The molecular formula is C14H15N5OS. The van der Waals surface area contributed by atoms with E-state index in [1.807, 2.05) is 24.3 Å². The third-order valence-corrected chi connectivity index (χ3v) is 3.89. The average Bonchev–Trinajstić information content (AvgIpc) is 2.88. The molecule has 0 unspecified atom stereocenters. The van der Waals surface area contributed by atoms with Crippen LogP contribution in [-0.2, 0) is 0 Å². The lowest BCUT2D eigenvalue weighted by Gasteiger charge is -2.13. The van der Waals surface area contributed by atoms with E-state index in [9.17, 15) is 0 Å². The molecule has 3 N–H and O–H groups in total. The molecule has 0 saturated heterocycles. The second kappa shape index (κ2) is 5.71. The second-order valence-electron chi connectivity index (χ2n) is 4.79. The molecule has 7 heteroatoms. The number of nitrogens with zero attached hydrogens (tertiary/aromatic N) is 3. The highest BCUT2D eigenvalue weighted by Gasteiger charge is 2.17. The van der Waals surface area contributed by atoms with Gasteiger partial charge in [-0.15, -0.1) is 0 Å². The van der Waals surface area contributed by atoms with E-state index in [1.165, 1.54) is 18.1 Å². The molecule has 6 nitrogen and oxygen atoms in total. The third-order valence-electron chi connectivity index (χ3n) is 3.02. The van der Waals surface area contributed by atoms with Crippen LogP contribution < -0.4 is 11.3 Å². The van der Waals surface area contributed by atoms with Gasteiger partial charge >= 0.3 is 0 Å². The molecule has 0 saturated carbocycles. The largest absolute Gasteiger partial charge is 0.431 e. The number of nitrogens with two attached hydrogens (primary N) is 1. The van der Waals surface area contributed by atoms with E-state index in [4.69, 9.17) is 10.3 Å². The minimum absolute atomic E-state index is 0.226. The van der Waals surface area contributed by atoms with Gasteiger partial charge in [0.25, 0.3) is 5.22 Å². The van der Waals surface area contributed by atoms with Crippen LogP contribution in [0.25, 0.3) is 11.1 Å². The van der Waals surface area contributed by atoms with E-state index in [2.05, 4.69) is 34.2 Å². The van der Waals surface area contributed by atoms with Crippen molar-refractivity contribution in [2.75, 3.05) is 5.43 Å². The van der Waals surface area contributed by atoms with E-state index in [0.29, 0.717) is 11.0 Å². The number of fused-ring (bicyclic) bond motifs is 1. The lowest BCUT2D eigenvalue weighted by atomic mass is 10.1. The van der Waals surface area contributed by atoms with Crippen molar-refractivity contribution >= 4 is 28.7 Å². The number of hydrogen-bond acceptors (Lipinski definition) is 7. The van der Waals surface area contributed by atoms with E-state index >= 15 is 0 Å². The normalized spacial score (nSPS) is 11.2. The van der Waals surface area contributed by atoms with Crippen molar-refractivity contribution in [3.8, 4) is 0 Å². The molecule has 0 radical (unpaired) electrons. The molecule has 0 aliphatic carbocycles. The Morgan fingerprint density at radius 2 is 2.05 bits per heavy atom. The molecule has 3 aromatic rings. The highest BCUT2D eigenvalue weighted by atomic mass is 32.2. The molecular weight excluding hydrogens is 286 g/mol. The Kier molecular flexibility index (Phi) is 3.76. The Morgan fingerprint density at radius 1 is 1.24 bits per heavy atom. The molecule has 1 aromatic carbocycles. The Labute approximate surface area is 126 Å². The SMILES string of the molecule is CC(C)c1c(NN)ncnc1Sc1nc2ccccc2o1. The summed E-state index contributed by atoms with van der Waals surface area (Å²) in [4.78, 5) is 12.9. The predicted octanol–water partition coefficient (Wildman–Crippen LogP) is 3.18. The smallest absolute Gasteiger partial charge is 0.263 e. The topological polar surface area (TPSA) is 89.9 Å². The number of para-hydroxylation sites is 2. The summed E-state index contributed by atoms with van der Waals surface area (Å²) in [5, 5.41) is 1.35. The summed E-state index contributed by atoms with van der Waals surface area (Å²) in [5.74, 6) is 6.37. The molecule has 2 heterocycles. The molecule has 0 atom stereocenters. The Hall–Kier alpha value is -2.12. The molecule has 3 rings (SSSR count). The predicted molar refractivity (Wildman–Crippen MR) is 82.1 cm³/mol. The number of hydrazine groups is 1. The summed E-state index contributed by atoms with van der Waals surface area (Å²) >= 11 is 1.37. The Balaban J connectivity index is 2.01. The van der Waals surface area contributed by atoms with Crippen molar-refractivity contribution in [2.45, 2.75) is 30.0 Å². The van der Waals surface area contributed by atoms with Crippen LogP contribution in [0.1, 0.15) is 25.3 Å². The summed E-state index contributed by atoms with van der Waals surface area (Å²) in [5.41, 5.74) is 5.16. The number of rotatable bonds is 4. The summed E-state index contributed by atoms with van der Waals surface area (Å²) < 4.78 is 5.72. The van der Waals surface area contributed by atoms with Crippen LogP contribution in [0, 0.1) is 0 Å². The summed E-state index contributed by atoms with van der Waals surface area (Å²) in [7, 11) is 0. The first-order chi connectivity index (χ1) is 10.2. The van der Waals surface area contributed by atoms with Gasteiger partial charge in [-0.2, -0.15) is 0 Å². The highest BCUT2D eigenvalue weighted by Crippen LogP contribution is 2.35. The van der Waals surface area contributed by atoms with E-state index in [1.54, 1.807) is 0 Å². The summed E-state index contributed by atoms with van der Waals surface area (Å²) in [6.45, 7) is 4.13. The van der Waals surface area contributed by atoms with E-state index in [-0.39, 0.29) is 5.92 Å². The van der Waals surface area contributed by atoms with Gasteiger partial charge in [0, 0.05) is 5.56 Å². The minimum Gasteiger partial charge on any atom is -0.431 e. The van der Waals surface area contributed by atoms with Crippen LogP contribution >= 0.6 is 11.8 Å². The van der Waals surface area contributed by atoms with Crippen LogP contribution in [0.5, 0.6) is 0 Å². The fourth-order valence-electron chi connectivity index (χ4n) is 2.07. The molecule has 0 aliphatic rings. The fourth-order valence-corrected chi connectivity index (χ4v) is 3.06. The van der Waals surface area contributed by atoms with Crippen LogP contribution in [0.3, 0.4) is 0 Å². The van der Waals surface area contributed by atoms with Gasteiger partial charge < -0.3 is 9.84 Å². The number of nitrogens with one attached hydrogen (secondary N) is 1. The standard InChI is InChI=1S/C14H15N5OS/c1-8(2)11-12(19-15)16-7-17-13(11)21-14-18-9-5-3-4-6-10(9)20-14/h3-8H,15H2,1-2H3,(H,16,17,19). The molecule has 2 aromatic heterocycles. The van der Waals surface area contributed by atoms with E-state index < -0.39 is 0 Å². The number of benzene rings is 1. The number of oxazole rings is 1. The molecule has 0 amide bonds. The number of hydrogen-bond donors (Lipinski definition) is 2.